The van der Waals surface area contributed by atoms with E-state index in [9.17, 15) is 5.26 Å². The molecule has 1 heterocycles. The standard InChI is InChI=1S/C22H15BrN2O.C6H5I/c23-22-20(14-24)19-13-18(26-15-16-7-3-1-4-8-16)11-12-21(19)25(22)17-9-5-2-6-10-17;7-6-4-2-1-3-5-6/h1-13H,15H2;1-5H. The van der Waals surface area contributed by atoms with Gasteiger partial charge < -0.3 is 9.30 Å². The lowest BCUT2D eigenvalue weighted by Crippen LogP contribution is -1.95. The monoisotopic (exact) mass is 606 g/mol. The van der Waals surface area contributed by atoms with Crippen molar-refractivity contribution >= 4 is 49.4 Å². The molecule has 1 aromatic heterocycles. The van der Waals surface area contributed by atoms with E-state index < -0.39 is 0 Å². The first-order chi connectivity index (χ1) is 16.2. The summed E-state index contributed by atoms with van der Waals surface area (Å²) in [5, 5.41) is 10.5. The molecule has 0 saturated heterocycles. The fraction of sp³-hybridized carbons (Fsp3) is 0.0357. The SMILES string of the molecule is Ic1ccccc1.N#Cc1c(Br)n(-c2ccccc2)c2ccc(OCc3ccccc3)cc12. The average Bonchev–Trinajstić information content (AvgIpc) is 3.15. The molecule has 0 fully saturated rings. The number of aromatic nitrogens is 1. The van der Waals surface area contributed by atoms with Crippen molar-refractivity contribution in [1.29, 1.82) is 5.26 Å². The van der Waals surface area contributed by atoms with Gasteiger partial charge in [0, 0.05) is 14.6 Å². The maximum atomic E-state index is 9.64. The van der Waals surface area contributed by atoms with E-state index >= 15 is 0 Å². The first-order valence-corrected chi connectivity index (χ1v) is 12.2. The lowest BCUT2D eigenvalue weighted by Gasteiger charge is -2.09. The third kappa shape index (κ3) is 5.65. The summed E-state index contributed by atoms with van der Waals surface area (Å²) in [6.45, 7) is 0.495. The van der Waals surface area contributed by atoms with Crippen LogP contribution in [-0.2, 0) is 6.61 Å². The van der Waals surface area contributed by atoms with Gasteiger partial charge in [0.25, 0.3) is 0 Å². The van der Waals surface area contributed by atoms with Gasteiger partial charge in [0.1, 0.15) is 23.0 Å². The van der Waals surface area contributed by atoms with Gasteiger partial charge in [-0.25, -0.2) is 0 Å². The van der Waals surface area contributed by atoms with Crippen LogP contribution in [-0.4, -0.2) is 4.57 Å². The molecule has 3 nitrogen and oxygen atoms in total. The quantitative estimate of drug-likeness (QED) is 0.194. The summed E-state index contributed by atoms with van der Waals surface area (Å²) >= 11 is 5.87. The van der Waals surface area contributed by atoms with Gasteiger partial charge in [0.2, 0.25) is 0 Å². The average molecular weight is 607 g/mol. The Balaban J connectivity index is 0.000000318. The minimum absolute atomic E-state index is 0.495. The number of halogens is 2. The molecular weight excluding hydrogens is 587 g/mol. The van der Waals surface area contributed by atoms with E-state index in [1.54, 1.807) is 0 Å². The minimum atomic E-state index is 0.495. The molecule has 5 rings (SSSR count). The normalized spacial score (nSPS) is 10.2. The highest BCUT2D eigenvalue weighted by Gasteiger charge is 2.17. The molecule has 0 aliphatic carbocycles. The zero-order valence-corrected chi connectivity index (χ0v) is 21.4. The van der Waals surface area contributed by atoms with Crippen molar-refractivity contribution in [1.82, 2.24) is 4.57 Å². The zero-order chi connectivity index (χ0) is 23.0. The lowest BCUT2D eigenvalue weighted by atomic mass is 10.2. The highest BCUT2D eigenvalue weighted by atomic mass is 127. The largest absolute Gasteiger partial charge is 0.489 e. The summed E-state index contributed by atoms with van der Waals surface area (Å²) in [6, 6.07) is 38.4. The van der Waals surface area contributed by atoms with Gasteiger partial charge in [0.15, 0.2) is 0 Å². The summed E-state index contributed by atoms with van der Waals surface area (Å²) < 4.78 is 10.0. The first kappa shape index (κ1) is 23.1. The topological polar surface area (TPSA) is 38.0 Å². The number of hydrogen-bond donors (Lipinski definition) is 0. The molecule has 0 saturated carbocycles. The fourth-order valence-corrected chi connectivity index (χ4v) is 4.53. The number of ether oxygens (including phenoxy) is 1. The molecule has 162 valence electrons. The van der Waals surface area contributed by atoms with Crippen LogP contribution in [0, 0.1) is 14.9 Å². The molecule has 0 atom stereocenters. The Morgan fingerprint density at radius 1 is 0.818 bits per heavy atom. The van der Waals surface area contributed by atoms with E-state index in [-0.39, 0.29) is 0 Å². The minimum Gasteiger partial charge on any atom is -0.489 e. The van der Waals surface area contributed by atoms with E-state index in [0.29, 0.717) is 12.2 Å². The number of nitriles is 1. The summed E-state index contributed by atoms with van der Waals surface area (Å²) in [7, 11) is 0. The van der Waals surface area contributed by atoms with Gasteiger partial charge in [-0.05, 0) is 86.5 Å². The third-order valence-corrected chi connectivity index (χ3v) is 6.46. The predicted octanol–water partition coefficient (Wildman–Crippen LogP) is 8.13. The highest BCUT2D eigenvalue weighted by Crippen LogP contribution is 2.35. The summed E-state index contributed by atoms with van der Waals surface area (Å²) in [6.07, 6.45) is 0. The zero-order valence-electron chi connectivity index (χ0n) is 17.7. The molecule has 0 bridgehead atoms. The predicted molar refractivity (Wildman–Crippen MR) is 146 cm³/mol. The Kier molecular flexibility index (Phi) is 7.82. The van der Waals surface area contributed by atoms with Gasteiger partial charge >= 0.3 is 0 Å². The molecule has 5 aromatic rings. The Bertz CT molecular complexity index is 1380. The van der Waals surface area contributed by atoms with Crippen LogP contribution in [0.3, 0.4) is 0 Å². The number of rotatable bonds is 4. The van der Waals surface area contributed by atoms with Gasteiger partial charge in [-0.3, -0.25) is 0 Å². The Morgan fingerprint density at radius 2 is 1.42 bits per heavy atom. The summed E-state index contributed by atoms with van der Waals surface area (Å²) in [5.74, 6) is 0.746. The van der Waals surface area contributed by atoms with E-state index in [1.165, 1.54) is 3.57 Å². The van der Waals surface area contributed by atoms with E-state index in [1.807, 2.05) is 102 Å². The van der Waals surface area contributed by atoms with Crippen LogP contribution in [0.2, 0.25) is 0 Å². The number of fused-ring (bicyclic) bond motifs is 1. The van der Waals surface area contributed by atoms with Crippen molar-refractivity contribution in [2.75, 3.05) is 0 Å². The maximum Gasteiger partial charge on any atom is 0.120 e. The molecule has 0 N–H and O–H groups in total. The smallest absolute Gasteiger partial charge is 0.120 e. The second-order valence-corrected chi connectivity index (χ2v) is 9.19. The van der Waals surface area contributed by atoms with E-state index in [4.69, 9.17) is 4.74 Å². The Hall–Kier alpha value is -3.08. The van der Waals surface area contributed by atoms with Crippen LogP contribution >= 0.6 is 38.5 Å². The van der Waals surface area contributed by atoms with Crippen LogP contribution in [0.4, 0.5) is 0 Å². The van der Waals surface area contributed by atoms with E-state index in [2.05, 4.69) is 56.7 Å². The number of para-hydroxylation sites is 1. The van der Waals surface area contributed by atoms with Crippen LogP contribution in [0.25, 0.3) is 16.6 Å². The second kappa shape index (κ2) is 11.2. The molecule has 5 heteroatoms. The highest BCUT2D eigenvalue weighted by molar-refractivity contribution is 14.1. The molecule has 0 unspecified atom stereocenters. The molecule has 0 aliphatic heterocycles. The van der Waals surface area contributed by atoms with Crippen LogP contribution in [0.1, 0.15) is 11.1 Å². The van der Waals surface area contributed by atoms with Crippen molar-refractivity contribution in [3.05, 3.63) is 128 Å². The molecule has 33 heavy (non-hydrogen) atoms. The van der Waals surface area contributed by atoms with Gasteiger partial charge in [0.05, 0.1) is 11.1 Å². The Labute approximate surface area is 215 Å². The van der Waals surface area contributed by atoms with Crippen molar-refractivity contribution in [2.45, 2.75) is 6.61 Å². The lowest BCUT2D eigenvalue weighted by molar-refractivity contribution is 0.306. The van der Waals surface area contributed by atoms with Crippen molar-refractivity contribution in [3.8, 4) is 17.5 Å². The second-order valence-electron chi connectivity index (χ2n) is 7.20. The number of benzene rings is 4. The van der Waals surface area contributed by atoms with Gasteiger partial charge in [-0.1, -0.05) is 66.7 Å². The molecule has 0 radical (unpaired) electrons. The fourth-order valence-electron chi connectivity index (χ4n) is 3.42. The van der Waals surface area contributed by atoms with Crippen molar-refractivity contribution in [2.24, 2.45) is 0 Å². The summed E-state index contributed by atoms with van der Waals surface area (Å²) in [4.78, 5) is 0. The van der Waals surface area contributed by atoms with Crippen LogP contribution < -0.4 is 4.74 Å². The van der Waals surface area contributed by atoms with Gasteiger partial charge in [-0.2, -0.15) is 5.26 Å². The van der Waals surface area contributed by atoms with Gasteiger partial charge in [-0.15, -0.1) is 0 Å². The number of hydrogen-bond acceptors (Lipinski definition) is 2. The molecule has 0 spiro atoms. The van der Waals surface area contributed by atoms with Crippen molar-refractivity contribution in [3.63, 3.8) is 0 Å². The van der Waals surface area contributed by atoms with Crippen LogP contribution in [0.15, 0.2) is 114 Å². The van der Waals surface area contributed by atoms with Crippen molar-refractivity contribution < 1.29 is 4.74 Å². The maximum absolute atomic E-state index is 9.64. The molecular formula is C28H20BrIN2O. The first-order valence-electron chi connectivity index (χ1n) is 10.3. The number of nitrogens with zero attached hydrogens (tertiary/aromatic N) is 2. The third-order valence-electron chi connectivity index (χ3n) is 4.99. The van der Waals surface area contributed by atoms with E-state index in [0.717, 1.165) is 32.5 Å². The van der Waals surface area contributed by atoms with Crippen LogP contribution in [0.5, 0.6) is 5.75 Å². The molecule has 4 aromatic carbocycles. The Morgan fingerprint density at radius 3 is 2.00 bits per heavy atom. The molecule has 0 aliphatic rings. The molecule has 0 amide bonds. The summed E-state index contributed by atoms with van der Waals surface area (Å²) in [5.41, 5.74) is 3.68.